The molecule has 0 aliphatic heterocycles. The Balaban J connectivity index is 2.06. The Morgan fingerprint density at radius 2 is 2.00 bits per heavy atom. The number of hydrogen-bond acceptors (Lipinski definition) is 4. The summed E-state index contributed by atoms with van der Waals surface area (Å²) in [5, 5.41) is 3.24. The Kier molecular flexibility index (Phi) is 6.15. The third kappa shape index (κ3) is 4.68. The Labute approximate surface area is 132 Å². The number of benzene rings is 1. The van der Waals surface area contributed by atoms with Crippen LogP contribution in [0, 0.1) is 6.92 Å². The highest BCUT2D eigenvalue weighted by atomic mass is 32.1. The smallest absolute Gasteiger partial charge is 0.387 e. The topological polar surface area (TPSA) is 30.5 Å². The molecule has 0 radical (unpaired) electrons. The van der Waals surface area contributed by atoms with E-state index in [9.17, 15) is 8.78 Å². The number of aryl methyl sites for hydroxylation is 1. The zero-order valence-corrected chi connectivity index (χ0v) is 13.4. The van der Waals surface area contributed by atoms with Gasteiger partial charge in [-0.1, -0.05) is 12.1 Å². The van der Waals surface area contributed by atoms with E-state index in [1.54, 1.807) is 36.5 Å². The molecule has 1 aromatic carbocycles. The van der Waals surface area contributed by atoms with E-state index < -0.39 is 6.61 Å². The Bertz CT molecular complexity index is 602. The van der Waals surface area contributed by atoms with Crippen LogP contribution in [0.5, 0.6) is 11.5 Å². The van der Waals surface area contributed by atoms with Crippen LogP contribution in [-0.2, 0) is 13.1 Å². The number of halogens is 2. The summed E-state index contributed by atoms with van der Waals surface area (Å²) in [5.41, 5.74) is 0.652. The lowest BCUT2D eigenvalue weighted by molar-refractivity contribution is -0.0521. The molecule has 0 aliphatic rings. The summed E-state index contributed by atoms with van der Waals surface area (Å²) in [5.74, 6) is 0.447. The van der Waals surface area contributed by atoms with Crippen molar-refractivity contribution in [3.63, 3.8) is 0 Å². The van der Waals surface area contributed by atoms with Gasteiger partial charge in [0.1, 0.15) is 0 Å². The molecular formula is C16H19F2NO2S. The number of hydrogen-bond donors (Lipinski definition) is 1. The first-order valence-corrected chi connectivity index (χ1v) is 7.87. The fraction of sp³-hybridized carbons (Fsp3) is 0.375. The third-order valence-corrected chi connectivity index (χ3v) is 3.98. The molecule has 1 heterocycles. The van der Waals surface area contributed by atoms with Crippen LogP contribution in [0.1, 0.15) is 22.2 Å². The van der Waals surface area contributed by atoms with Crippen LogP contribution >= 0.6 is 11.3 Å². The van der Waals surface area contributed by atoms with Gasteiger partial charge < -0.3 is 14.8 Å². The predicted octanol–water partition coefficient (Wildman–Crippen LogP) is 4.35. The monoisotopic (exact) mass is 327 g/mol. The van der Waals surface area contributed by atoms with Gasteiger partial charge in [-0.2, -0.15) is 8.78 Å². The van der Waals surface area contributed by atoms with E-state index in [0.717, 1.165) is 0 Å². The van der Waals surface area contributed by atoms with Gasteiger partial charge in [0.2, 0.25) is 0 Å². The number of para-hydroxylation sites is 1. The van der Waals surface area contributed by atoms with Crippen LogP contribution in [0.15, 0.2) is 30.3 Å². The van der Waals surface area contributed by atoms with Crippen LogP contribution in [0.2, 0.25) is 0 Å². The molecular weight excluding hydrogens is 308 g/mol. The second kappa shape index (κ2) is 8.10. The minimum absolute atomic E-state index is 0.106. The summed E-state index contributed by atoms with van der Waals surface area (Å²) in [7, 11) is 0. The zero-order valence-electron chi connectivity index (χ0n) is 12.6. The maximum atomic E-state index is 12.6. The molecule has 1 aromatic heterocycles. The maximum Gasteiger partial charge on any atom is 0.387 e. The predicted molar refractivity (Wildman–Crippen MR) is 83.8 cm³/mol. The highest BCUT2D eigenvalue weighted by molar-refractivity contribution is 7.11. The van der Waals surface area contributed by atoms with Crippen molar-refractivity contribution in [3.05, 3.63) is 45.6 Å². The Morgan fingerprint density at radius 3 is 2.64 bits per heavy atom. The third-order valence-electron chi connectivity index (χ3n) is 2.98. The number of ether oxygens (including phenoxy) is 2. The van der Waals surface area contributed by atoms with Gasteiger partial charge in [0.05, 0.1) is 6.61 Å². The molecule has 3 nitrogen and oxygen atoms in total. The van der Waals surface area contributed by atoms with Gasteiger partial charge in [0.15, 0.2) is 11.5 Å². The van der Waals surface area contributed by atoms with E-state index in [-0.39, 0.29) is 5.75 Å². The summed E-state index contributed by atoms with van der Waals surface area (Å²) in [6, 6.07) is 9.28. The van der Waals surface area contributed by atoms with Gasteiger partial charge >= 0.3 is 6.61 Å². The quantitative estimate of drug-likeness (QED) is 0.782. The van der Waals surface area contributed by atoms with Crippen LogP contribution in [0.3, 0.4) is 0 Å². The fourth-order valence-electron chi connectivity index (χ4n) is 2.09. The van der Waals surface area contributed by atoms with E-state index in [1.807, 2.05) is 6.92 Å². The fourth-order valence-corrected chi connectivity index (χ4v) is 2.95. The lowest BCUT2D eigenvalue weighted by Crippen LogP contribution is -2.14. The largest absolute Gasteiger partial charge is 0.490 e. The number of rotatable bonds is 8. The normalized spacial score (nSPS) is 11.0. The van der Waals surface area contributed by atoms with Crippen molar-refractivity contribution in [2.24, 2.45) is 0 Å². The second-order valence-electron chi connectivity index (χ2n) is 4.67. The van der Waals surface area contributed by atoms with E-state index >= 15 is 0 Å². The van der Waals surface area contributed by atoms with Crippen molar-refractivity contribution in [1.82, 2.24) is 5.32 Å². The molecule has 0 saturated heterocycles. The average Bonchev–Trinajstić information content (AvgIpc) is 2.87. The van der Waals surface area contributed by atoms with Crippen LogP contribution < -0.4 is 14.8 Å². The van der Waals surface area contributed by atoms with Gasteiger partial charge in [0.25, 0.3) is 0 Å². The highest BCUT2D eigenvalue weighted by Gasteiger charge is 2.15. The molecule has 120 valence electrons. The van der Waals surface area contributed by atoms with Crippen LogP contribution in [0.4, 0.5) is 8.78 Å². The van der Waals surface area contributed by atoms with Crippen molar-refractivity contribution in [2.45, 2.75) is 33.5 Å². The molecule has 6 heteroatoms. The Hall–Kier alpha value is -1.66. The lowest BCUT2D eigenvalue weighted by Gasteiger charge is -2.15. The van der Waals surface area contributed by atoms with Crippen molar-refractivity contribution in [3.8, 4) is 11.5 Å². The first kappa shape index (κ1) is 16.7. The van der Waals surface area contributed by atoms with Crippen molar-refractivity contribution < 1.29 is 18.3 Å². The van der Waals surface area contributed by atoms with E-state index in [0.29, 0.717) is 31.0 Å². The van der Waals surface area contributed by atoms with Crippen molar-refractivity contribution >= 4 is 11.3 Å². The molecule has 0 amide bonds. The lowest BCUT2D eigenvalue weighted by atomic mass is 10.2. The number of nitrogens with one attached hydrogen (secondary N) is 1. The minimum Gasteiger partial charge on any atom is -0.490 e. The highest BCUT2D eigenvalue weighted by Crippen LogP contribution is 2.32. The molecule has 0 atom stereocenters. The summed E-state index contributed by atoms with van der Waals surface area (Å²) in [6.45, 7) is 2.49. The second-order valence-corrected chi connectivity index (χ2v) is 6.04. The molecule has 0 unspecified atom stereocenters. The van der Waals surface area contributed by atoms with Gasteiger partial charge in [-0.15, -0.1) is 11.3 Å². The van der Waals surface area contributed by atoms with Gasteiger partial charge in [-0.05, 0) is 32.0 Å². The average molecular weight is 327 g/mol. The molecule has 0 bridgehead atoms. The van der Waals surface area contributed by atoms with Gasteiger partial charge in [0, 0.05) is 28.4 Å². The maximum absolute atomic E-state index is 12.6. The first-order chi connectivity index (χ1) is 10.6. The summed E-state index contributed by atoms with van der Waals surface area (Å²) in [6.07, 6.45) is 0. The zero-order chi connectivity index (χ0) is 15.9. The molecule has 0 aliphatic carbocycles. The number of thiophene rings is 1. The van der Waals surface area contributed by atoms with Gasteiger partial charge in [-0.3, -0.25) is 0 Å². The molecule has 2 aromatic rings. The molecule has 0 spiro atoms. The van der Waals surface area contributed by atoms with Crippen molar-refractivity contribution in [1.29, 1.82) is 0 Å². The molecule has 1 N–H and O–H groups in total. The minimum atomic E-state index is -2.87. The molecule has 22 heavy (non-hydrogen) atoms. The van der Waals surface area contributed by atoms with E-state index in [1.165, 1.54) is 9.75 Å². The summed E-state index contributed by atoms with van der Waals surface area (Å²) in [4.78, 5) is 2.45. The molecule has 2 rings (SSSR count). The van der Waals surface area contributed by atoms with Crippen LogP contribution in [-0.4, -0.2) is 13.2 Å². The summed E-state index contributed by atoms with van der Waals surface area (Å²) >= 11 is 1.71. The molecule has 0 saturated carbocycles. The molecule has 0 fully saturated rings. The first-order valence-electron chi connectivity index (χ1n) is 7.05. The standard InChI is InChI=1S/C16H19F2NO2S/c1-3-20-14-6-4-5-12(15(14)21-16(17)18)9-19-10-13-8-7-11(2)22-13/h4-8,16,19H,3,9-10H2,1-2H3. The van der Waals surface area contributed by atoms with Crippen LogP contribution in [0.25, 0.3) is 0 Å². The Morgan fingerprint density at radius 1 is 1.18 bits per heavy atom. The van der Waals surface area contributed by atoms with E-state index in [2.05, 4.69) is 22.2 Å². The SMILES string of the molecule is CCOc1cccc(CNCc2ccc(C)s2)c1OC(F)F. The van der Waals surface area contributed by atoms with E-state index in [4.69, 9.17) is 4.74 Å². The van der Waals surface area contributed by atoms with Crippen molar-refractivity contribution in [2.75, 3.05) is 6.61 Å². The number of alkyl halides is 2. The summed E-state index contributed by atoms with van der Waals surface area (Å²) < 4.78 is 35.2. The van der Waals surface area contributed by atoms with Gasteiger partial charge in [-0.25, -0.2) is 0 Å².